The van der Waals surface area contributed by atoms with Crippen LogP contribution in [0.1, 0.15) is 58.8 Å². The summed E-state index contributed by atoms with van der Waals surface area (Å²) in [6.45, 7) is 4.46. The van der Waals surface area contributed by atoms with Crippen molar-refractivity contribution in [3.63, 3.8) is 0 Å². The fraction of sp³-hybridized carbons (Fsp3) is 0.923. The molecule has 1 fully saturated rings. The number of aliphatic hydroxyl groups is 1. The van der Waals surface area contributed by atoms with E-state index in [0.717, 1.165) is 38.5 Å². The van der Waals surface area contributed by atoms with Crippen molar-refractivity contribution in [3.05, 3.63) is 0 Å². The summed E-state index contributed by atoms with van der Waals surface area (Å²) in [6, 6.07) is 0. The zero-order chi connectivity index (χ0) is 12.0. The molecule has 1 amide bonds. The van der Waals surface area contributed by atoms with Gasteiger partial charge in [0.2, 0.25) is 5.91 Å². The minimum absolute atomic E-state index is 0.0668. The third-order valence-electron chi connectivity index (χ3n) is 3.55. The molecule has 3 heteroatoms. The smallest absolute Gasteiger partial charge is 0.222 e. The molecule has 0 bridgehead atoms. The van der Waals surface area contributed by atoms with Crippen molar-refractivity contribution in [1.82, 2.24) is 5.32 Å². The van der Waals surface area contributed by atoms with Gasteiger partial charge in [-0.05, 0) is 19.3 Å². The van der Waals surface area contributed by atoms with E-state index in [-0.39, 0.29) is 11.8 Å². The van der Waals surface area contributed by atoms with Gasteiger partial charge in [-0.2, -0.15) is 0 Å². The zero-order valence-electron chi connectivity index (χ0n) is 10.6. The molecule has 1 atom stereocenters. The zero-order valence-corrected chi connectivity index (χ0v) is 10.6. The van der Waals surface area contributed by atoms with Crippen LogP contribution in [0.4, 0.5) is 0 Å². The Kier molecular flexibility index (Phi) is 5.26. The molecule has 1 aliphatic rings. The maximum atomic E-state index is 11.7. The summed E-state index contributed by atoms with van der Waals surface area (Å²) in [5.41, 5.74) is -0.639. The maximum absolute atomic E-state index is 11.7. The normalized spacial score (nSPS) is 21.4. The van der Waals surface area contributed by atoms with Gasteiger partial charge in [-0.25, -0.2) is 0 Å². The van der Waals surface area contributed by atoms with Crippen LogP contribution in [0.15, 0.2) is 0 Å². The Morgan fingerprint density at radius 1 is 1.38 bits per heavy atom. The molecule has 0 heterocycles. The largest absolute Gasteiger partial charge is 0.388 e. The predicted molar refractivity (Wildman–Crippen MR) is 65.1 cm³/mol. The van der Waals surface area contributed by atoms with E-state index in [1.54, 1.807) is 0 Å². The van der Waals surface area contributed by atoms with Crippen molar-refractivity contribution in [2.45, 2.75) is 64.4 Å². The molecule has 1 unspecified atom stereocenters. The van der Waals surface area contributed by atoms with E-state index in [1.807, 2.05) is 6.92 Å². The number of carbonyl (C=O) groups excluding carboxylic acids is 1. The Bertz CT molecular complexity index is 222. The Morgan fingerprint density at radius 3 is 2.56 bits per heavy atom. The molecule has 94 valence electrons. The van der Waals surface area contributed by atoms with E-state index in [1.165, 1.54) is 6.42 Å². The Hall–Kier alpha value is -0.570. The first-order valence-electron chi connectivity index (χ1n) is 6.57. The molecule has 3 nitrogen and oxygen atoms in total. The van der Waals surface area contributed by atoms with E-state index < -0.39 is 5.60 Å². The molecule has 2 N–H and O–H groups in total. The van der Waals surface area contributed by atoms with E-state index >= 15 is 0 Å². The van der Waals surface area contributed by atoms with Crippen LogP contribution in [0.25, 0.3) is 0 Å². The first-order valence-corrected chi connectivity index (χ1v) is 6.57. The molecule has 0 aromatic heterocycles. The average molecular weight is 227 g/mol. The SMILES string of the molecule is CCCC(C)C(=O)NCC1(O)CCCCC1. The summed E-state index contributed by atoms with van der Waals surface area (Å²) in [6.07, 6.45) is 6.98. The molecule has 0 aromatic carbocycles. The summed E-state index contributed by atoms with van der Waals surface area (Å²) < 4.78 is 0. The van der Waals surface area contributed by atoms with Crippen LogP contribution in [0.5, 0.6) is 0 Å². The number of hydrogen-bond donors (Lipinski definition) is 2. The molecular weight excluding hydrogens is 202 g/mol. The fourth-order valence-corrected chi connectivity index (χ4v) is 2.38. The van der Waals surface area contributed by atoms with Gasteiger partial charge >= 0.3 is 0 Å². The van der Waals surface area contributed by atoms with Gasteiger partial charge in [0, 0.05) is 12.5 Å². The Balaban J connectivity index is 2.29. The second kappa shape index (κ2) is 6.24. The van der Waals surface area contributed by atoms with E-state index in [4.69, 9.17) is 0 Å². The Labute approximate surface area is 98.6 Å². The third kappa shape index (κ3) is 4.12. The molecule has 0 aromatic rings. The van der Waals surface area contributed by atoms with Crippen molar-refractivity contribution in [2.75, 3.05) is 6.54 Å². The van der Waals surface area contributed by atoms with Crippen LogP contribution in [-0.2, 0) is 4.79 Å². The lowest BCUT2D eigenvalue weighted by Crippen LogP contribution is -2.45. The van der Waals surface area contributed by atoms with E-state index in [0.29, 0.717) is 6.54 Å². The summed E-state index contributed by atoms with van der Waals surface area (Å²) in [7, 11) is 0. The van der Waals surface area contributed by atoms with Crippen LogP contribution < -0.4 is 5.32 Å². The highest BCUT2D eigenvalue weighted by molar-refractivity contribution is 5.78. The average Bonchev–Trinajstić information content (AvgIpc) is 2.27. The second-order valence-electron chi connectivity index (χ2n) is 5.19. The lowest BCUT2D eigenvalue weighted by atomic mass is 9.85. The van der Waals surface area contributed by atoms with Gasteiger partial charge in [0.05, 0.1) is 5.60 Å². The standard InChI is InChI=1S/C13H25NO2/c1-3-7-11(2)12(15)14-10-13(16)8-5-4-6-9-13/h11,16H,3-10H2,1-2H3,(H,14,15). The topological polar surface area (TPSA) is 49.3 Å². The van der Waals surface area contributed by atoms with Gasteiger partial charge in [0.25, 0.3) is 0 Å². The highest BCUT2D eigenvalue weighted by atomic mass is 16.3. The van der Waals surface area contributed by atoms with Crippen LogP contribution in [0.2, 0.25) is 0 Å². The molecular formula is C13H25NO2. The molecule has 0 aliphatic heterocycles. The molecule has 1 aliphatic carbocycles. The van der Waals surface area contributed by atoms with Crippen LogP contribution in [0.3, 0.4) is 0 Å². The van der Waals surface area contributed by atoms with E-state index in [9.17, 15) is 9.90 Å². The van der Waals surface area contributed by atoms with E-state index in [2.05, 4.69) is 12.2 Å². The van der Waals surface area contributed by atoms with Crippen LogP contribution in [0, 0.1) is 5.92 Å². The summed E-state index contributed by atoms with van der Waals surface area (Å²) >= 11 is 0. The van der Waals surface area contributed by atoms with Gasteiger partial charge in [0.1, 0.15) is 0 Å². The first-order chi connectivity index (χ1) is 7.57. The van der Waals surface area contributed by atoms with Crippen molar-refractivity contribution in [2.24, 2.45) is 5.92 Å². The summed E-state index contributed by atoms with van der Waals surface area (Å²) in [4.78, 5) is 11.7. The molecule has 0 spiro atoms. The number of carbonyl (C=O) groups is 1. The molecule has 0 radical (unpaired) electrons. The highest BCUT2D eigenvalue weighted by Gasteiger charge is 2.29. The quantitative estimate of drug-likeness (QED) is 0.756. The van der Waals surface area contributed by atoms with Gasteiger partial charge in [-0.15, -0.1) is 0 Å². The van der Waals surface area contributed by atoms with Gasteiger partial charge in [0.15, 0.2) is 0 Å². The third-order valence-corrected chi connectivity index (χ3v) is 3.55. The lowest BCUT2D eigenvalue weighted by Gasteiger charge is -2.32. The highest BCUT2D eigenvalue weighted by Crippen LogP contribution is 2.27. The molecule has 16 heavy (non-hydrogen) atoms. The fourth-order valence-electron chi connectivity index (χ4n) is 2.38. The minimum atomic E-state index is -0.639. The van der Waals surface area contributed by atoms with Gasteiger partial charge in [-0.1, -0.05) is 39.5 Å². The summed E-state index contributed by atoms with van der Waals surface area (Å²) in [5, 5.41) is 13.1. The monoisotopic (exact) mass is 227 g/mol. The van der Waals surface area contributed by atoms with Crippen LogP contribution in [-0.4, -0.2) is 23.2 Å². The minimum Gasteiger partial charge on any atom is -0.388 e. The molecule has 0 saturated heterocycles. The van der Waals surface area contributed by atoms with Crippen molar-refractivity contribution < 1.29 is 9.90 Å². The van der Waals surface area contributed by atoms with Crippen molar-refractivity contribution >= 4 is 5.91 Å². The molecule has 1 rings (SSSR count). The second-order valence-corrected chi connectivity index (χ2v) is 5.19. The first kappa shape index (κ1) is 13.5. The van der Waals surface area contributed by atoms with Crippen LogP contribution >= 0.6 is 0 Å². The maximum Gasteiger partial charge on any atom is 0.222 e. The number of amides is 1. The number of nitrogens with one attached hydrogen (secondary N) is 1. The Morgan fingerprint density at radius 2 is 2.00 bits per heavy atom. The number of hydrogen-bond acceptors (Lipinski definition) is 2. The van der Waals surface area contributed by atoms with Gasteiger partial charge < -0.3 is 10.4 Å². The lowest BCUT2D eigenvalue weighted by molar-refractivity contribution is -0.126. The molecule has 1 saturated carbocycles. The predicted octanol–water partition coefficient (Wildman–Crippen LogP) is 2.23. The van der Waals surface area contributed by atoms with Gasteiger partial charge in [-0.3, -0.25) is 4.79 Å². The van der Waals surface area contributed by atoms with Crippen molar-refractivity contribution in [1.29, 1.82) is 0 Å². The van der Waals surface area contributed by atoms with Crippen molar-refractivity contribution in [3.8, 4) is 0 Å². The number of rotatable bonds is 5. The summed E-state index contributed by atoms with van der Waals surface area (Å²) in [5.74, 6) is 0.151.